The van der Waals surface area contributed by atoms with Crippen LogP contribution in [0.15, 0.2) is 35.2 Å². The summed E-state index contributed by atoms with van der Waals surface area (Å²) in [6.45, 7) is 2.71. The minimum absolute atomic E-state index is 0.0506. The van der Waals surface area contributed by atoms with Crippen molar-refractivity contribution in [2.24, 2.45) is 5.14 Å². The molecule has 0 aliphatic carbocycles. The molecule has 0 saturated carbocycles. The van der Waals surface area contributed by atoms with E-state index in [1.807, 2.05) is 0 Å². The number of primary sulfonamides is 1. The molecule has 0 bridgehead atoms. The van der Waals surface area contributed by atoms with Crippen LogP contribution in [0.3, 0.4) is 0 Å². The van der Waals surface area contributed by atoms with Crippen LogP contribution in [-0.4, -0.2) is 8.42 Å². The van der Waals surface area contributed by atoms with Crippen LogP contribution >= 0.6 is 11.3 Å². The number of rotatable bonds is 5. The van der Waals surface area contributed by atoms with Gasteiger partial charge in [0.25, 0.3) is 0 Å². The van der Waals surface area contributed by atoms with Crippen LogP contribution in [0.4, 0.5) is 11.4 Å². The van der Waals surface area contributed by atoms with Gasteiger partial charge in [0.1, 0.15) is 0 Å². The summed E-state index contributed by atoms with van der Waals surface area (Å²) in [6.07, 6.45) is 1.01. The first-order valence-electron chi connectivity index (χ1n) is 6.14. The van der Waals surface area contributed by atoms with E-state index in [9.17, 15) is 8.42 Å². The Hall–Kier alpha value is -1.57. The predicted molar refractivity (Wildman–Crippen MR) is 83.3 cm³/mol. The second kappa shape index (κ2) is 5.82. The fourth-order valence-electron chi connectivity index (χ4n) is 1.76. The molecule has 0 fully saturated rings. The maximum Gasteiger partial charge on any atom is 0.238 e. The molecule has 0 unspecified atom stereocenters. The van der Waals surface area contributed by atoms with Gasteiger partial charge < -0.3 is 11.1 Å². The zero-order valence-electron chi connectivity index (χ0n) is 11.1. The summed E-state index contributed by atoms with van der Waals surface area (Å²) in [5.41, 5.74) is 6.90. The molecule has 1 aromatic carbocycles. The second-order valence-corrected chi connectivity index (χ2v) is 7.18. The van der Waals surface area contributed by atoms with E-state index in [0.717, 1.165) is 6.42 Å². The second-order valence-electron chi connectivity index (χ2n) is 4.37. The number of hydrogen-bond acceptors (Lipinski definition) is 5. The average Bonchev–Trinajstić information content (AvgIpc) is 2.84. The number of benzene rings is 1. The first-order valence-corrected chi connectivity index (χ1v) is 8.50. The molecule has 1 aromatic heterocycles. The maximum atomic E-state index is 11.3. The number of nitrogens with two attached hydrogens (primary N) is 2. The minimum Gasteiger partial charge on any atom is -0.397 e. The smallest absolute Gasteiger partial charge is 0.238 e. The summed E-state index contributed by atoms with van der Waals surface area (Å²) in [6, 6.07) is 8.53. The third-order valence-electron chi connectivity index (χ3n) is 2.87. The molecule has 0 amide bonds. The highest BCUT2D eigenvalue weighted by atomic mass is 32.2. The van der Waals surface area contributed by atoms with Crippen LogP contribution in [0.1, 0.15) is 16.7 Å². The van der Waals surface area contributed by atoms with Crippen molar-refractivity contribution in [1.82, 2.24) is 0 Å². The molecule has 0 radical (unpaired) electrons. The Morgan fingerprint density at radius 2 is 1.90 bits per heavy atom. The van der Waals surface area contributed by atoms with Gasteiger partial charge in [0.2, 0.25) is 10.0 Å². The van der Waals surface area contributed by atoms with Gasteiger partial charge in [-0.05, 0) is 36.8 Å². The number of nitrogen functional groups attached to an aromatic ring is 1. The number of nitrogens with one attached hydrogen (secondary N) is 1. The van der Waals surface area contributed by atoms with Crippen LogP contribution in [-0.2, 0) is 23.0 Å². The summed E-state index contributed by atoms with van der Waals surface area (Å²) in [5, 5.41) is 8.25. The lowest BCUT2D eigenvalue weighted by Crippen LogP contribution is -2.13. The van der Waals surface area contributed by atoms with E-state index in [-0.39, 0.29) is 4.90 Å². The standard InChI is InChI=1S/C13H17N3O2S2/c1-2-9-3-4-10(19-9)8-16-13-7-11(20(15,17)18)5-6-12(13)14/h3-7,16H,2,8,14H2,1H3,(H2,15,17,18). The van der Waals surface area contributed by atoms with E-state index in [2.05, 4.69) is 24.4 Å². The molecule has 2 aromatic rings. The van der Waals surface area contributed by atoms with Gasteiger partial charge in [-0.15, -0.1) is 11.3 Å². The van der Waals surface area contributed by atoms with Gasteiger partial charge in [0, 0.05) is 16.3 Å². The quantitative estimate of drug-likeness (QED) is 0.737. The third kappa shape index (κ3) is 3.50. The molecule has 0 atom stereocenters. The molecule has 1 heterocycles. The topological polar surface area (TPSA) is 98.2 Å². The van der Waals surface area contributed by atoms with E-state index in [0.29, 0.717) is 17.9 Å². The normalized spacial score (nSPS) is 11.5. The SMILES string of the molecule is CCc1ccc(CNc2cc(S(N)(=O)=O)ccc2N)s1. The highest BCUT2D eigenvalue weighted by molar-refractivity contribution is 7.89. The van der Waals surface area contributed by atoms with Crippen molar-refractivity contribution in [3.8, 4) is 0 Å². The molecule has 5 N–H and O–H groups in total. The Morgan fingerprint density at radius 3 is 2.50 bits per heavy atom. The maximum absolute atomic E-state index is 11.3. The zero-order chi connectivity index (χ0) is 14.8. The van der Waals surface area contributed by atoms with E-state index in [4.69, 9.17) is 10.9 Å². The zero-order valence-corrected chi connectivity index (χ0v) is 12.7. The van der Waals surface area contributed by atoms with Crippen molar-refractivity contribution in [2.75, 3.05) is 11.1 Å². The monoisotopic (exact) mass is 311 g/mol. The minimum atomic E-state index is -3.72. The van der Waals surface area contributed by atoms with Gasteiger partial charge >= 0.3 is 0 Å². The van der Waals surface area contributed by atoms with Gasteiger partial charge in [-0.25, -0.2) is 13.6 Å². The van der Waals surface area contributed by atoms with Crippen LogP contribution in [0.2, 0.25) is 0 Å². The fraction of sp³-hybridized carbons (Fsp3) is 0.231. The molecule has 0 spiro atoms. The Bertz CT molecular complexity index is 708. The number of thiophene rings is 1. The molecule has 20 heavy (non-hydrogen) atoms. The molecule has 0 aliphatic heterocycles. The third-order valence-corrected chi connectivity index (χ3v) is 5.01. The summed E-state index contributed by atoms with van der Waals surface area (Å²) >= 11 is 1.72. The molecule has 0 aliphatic rings. The lowest BCUT2D eigenvalue weighted by Gasteiger charge is -2.09. The molecule has 5 nitrogen and oxygen atoms in total. The van der Waals surface area contributed by atoms with Crippen LogP contribution in [0.5, 0.6) is 0 Å². The van der Waals surface area contributed by atoms with E-state index >= 15 is 0 Å². The van der Waals surface area contributed by atoms with Gasteiger partial charge in [0.15, 0.2) is 0 Å². The highest BCUT2D eigenvalue weighted by Crippen LogP contribution is 2.24. The molecular weight excluding hydrogens is 294 g/mol. The van der Waals surface area contributed by atoms with Crippen LogP contribution in [0.25, 0.3) is 0 Å². The predicted octanol–water partition coefficient (Wildman–Crippen LogP) is 2.15. The summed E-state index contributed by atoms with van der Waals surface area (Å²) in [7, 11) is -3.72. The number of aryl methyl sites for hydroxylation is 1. The van der Waals surface area contributed by atoms with E-state index in [1.54, 1.807) is 11.3 Å². The lowest BCUT2D eigenvalue weighted by atomic mass is 10.2. The van der Waals surface area contributed by atoms with Gasteiger partial charge in [0.05, 0.1) is 16.3 Å². The average molecular weight is 311 g/mol. The van der Waals surface area contributed by atoms with Crippen molar-refractivity contribution >= 4 is 32.7 Å². The van der Waals surface area contributed by atoms with Crippen molar-refractivity contribution < 1.29 is 8.42 Å². The van der Waals surface area contributed by atoms with Crippen molar-refractivity contribution in [2.45, 2.75) is 24.8 Å². The van der Waals surface area contributed by atoms with Crippen molar-refractivity contribution in [1.29, 1.82) is 0 Å². The fourth-order valence-corrected chi connectivity index (χ4v) is 3.19. The molecule has 0 saturated heterocycles. The number of hydrogen-bond donors (Lipinski definition) is 3. The van der Waals surface area contributed by atoms with Crippen LogP contribution in [0, 0.1) is 0 Å². The Kier molecular flexibility index (Phi) is 4.32. The summed E-state index contributed by atoms with van der Waals surface area (Å²) in [5.74, 6) is 0. The summed E-state index contributed by atoms with van der Waals surface area (Å²) < 4.78 is 22.6. The lowest BCUT2D eigenvalue weighted by molar-refractivity contribution is 0.598. The molecule has 7 heteroatoms. The molecule has 108 valence electrons. The van der Waals surface area contributed by atoms with Gasteiger partial charge in [-0.3, -0.25) is 0 Å². The largest absolute Gasteiger partial charge is 0.397 e. The highest BCUT2D eigenvalue weighted by Gasteiger charge is 2.10. The van der Waals surface area contributed by atoms with E-state index < -0.39 is 10.0 Å². The number of anilines is 2. The molecule has 2 rings (SSSR count). The Labute approximate surface area is 122 Å². The first-order chi connectivity index (χ1) is 9.40. The Morgan fingerprint density at radius 1 is 1.20 bits per heavy atom. The number of sulfonamides is 1. The van der Waals surface area contributed by atoms with Gasteiger partial charge in [-0.2, -0.15) is 0 Å². The van der Waals surface area contributed by atoms with E-state index in [1.165, 1.54) is 28.0 Å². The first kappa shape index (κ1) is 14.8. The summed E-state index contributed by atoms with van der Waals surface area (Å²) in [4.78, 5) is 2.53. The molecular formula is C13H17N3O2S2. The Balaban J connectivity index is 2.16. The van der Waals surface area contributed by atoms with Crippen LogP contribution < -0.4 is 16.2 Å². The van der Waals surface area contributed by atoms with Crippen molar-refractivity contribution in [3.05, 3.63) is 40.1 Å². The van der Waals surface area contributed by atoms with Crippen molar-refractivity contribution in [3.63, 3.8) is 0 Å². The van der Waals surface area contributed by atoms with Gasteiger partial charge in [-0.1, -0.05) is 6.92 Å².